The van der Waals surface area contributed by atoms with Crippen molar-refractivity contribution in [3.8, 4) is 22.8 Å². The molecule has 1 N–H and O–H groups in total. The van der Waals surface area contributed by atoms with Crippen LogP contribution in [0.25, 0.3) is 11.3 Å². The number of aromatic nitrogens is 1. The van der Waals surface area contributed by atoms with E-state index in [1.807, 2.05) is 66.9 Å². The first-order chi connectivity index (χ1) is 17.4. The van der Waals surface area contributed by atoms with E-state index in [1.165, 1.54) is 39.9 Å². The molecule has 7 nitrogen and oxygen atoms in total. The van der Waals surface area contributed by atoms with E-state index in [0.717, 1.165) is 35.6 Å². The lowest BCUT2D eigenvalue weighted by molar-refractivity contribution is 0.102. The highest BCUT2D eigenvalue weighted by molar-refractivity contribution is 7.89. The summed E-state index contributed by atoms with van der Waals surface area (Å²) in [5, 5.41) is 5.11. The molecule has 1 heterocycles. The third kappa shape index (κ3) is 6.17. The minimum absolute atomic E-state index is 0.161. The monoisotopic (exact) mass is 521 g/mol. The topological polar surface area (TPSA) is 88.6 Å². The fourth-order valence-electron chi connectivity index (χ4n) is 3.41. The number of sulfonamides is 1. The van der Waals surface area contributed by atoms with Gasteiger partial charge in [-0.1, -0.05) is 31.5 Å². The molecule has 0 radical (unpaired) electrons. The van der Waals surface area contributed by atoms with Crippen LogP contribution in [0.2, 0.25) is 0 Å². The van der Waals surface area contributed by atoms with E-state index in [0.29, 0.717) is 17.2 Å². The quantitative estimate of drug-likeness (QED) is 0.265. The van der Waals surface area contributed by atoms with Gasteiger partial charge in [0.25, 0.3) is 5.91 Å². The van der Waals surface area contributed by atoms with Crippen LogP contribution >= 0.6 is 11.3 Å². The van der Waals surface area contributed by atoms with Gasteiger partial charge in [-0.3, -0.25) is 10.1 Å². The normalized spacial score (nSPS) is 11.4. The number of thiazole rings is 1. The van der Waals surface area contributed by atoms with Crippen molar-refractivity contribution in [2.24, 2.45) is 0 Å². The van der Waals surface area contributed by atoms with Gasteiger partial charge >= 0.3 is 0 Å². The van der Waals surface area contributed by atoms with Gasteiger partial charge in [0.1, 0.15) is 11.5 Å². The average molecular weight is 522 g/mol. The molecule has 0 fully saturated rings. The van der Waals surface area contributed by atoms with Gasteiger partial charge in [-0.2, -0.15) is 0 Å². The Morgan fingerprint density at radius 3 is 2.31 bits per heavy atom. The summed E-state index contributed by atoms with van der Waals surface area (Å²) in [6.07, 6.45) is 1.70. The van der Waals surface area contributed by atoms with E-state index in [4.69, 9.17) is 4.74 Å². The van der Waals surface area contributed by atoms with Crippen LogP contribution in [-0.2, 0) is 10.0 Å². The van der Waals surface area contributed by atoms with E-state index >= 15 is 0 Å². The number of anilines is 1. The Bertz CT molecular complexity index is 1400. The van der Waals surface area contributed by atoms with Crippen LogP contribution in [0, 0.1) is 0 Å². The third-order valence-corrected chi connectivity index (χ3v) is 8.13. The summed E-state index contributed by atoms with van der Waals surface area (Å²) in [4.78, 5) is 17.4. The van der Waals surface area contributed by atoms with Crippen LogP contribution in [0.15, 0.2) is 89.1 Å². The Morgan fingerprint density at radius 2 is 1.64 bits per heavy atom. The number of carbonyl (C=O) groups is 1. The van der Waals surface area contributed by atoms with Crippen LogP contribution in [0.4, 0.5) is 5.13 Å². The zero-order chi connectivity index (χ0) is 25.5. The Morgan fingerprint density at radius 1 is 0.972 bits per heavy atom. The molecule has 4 aromatic rings. The Kier molecular flexibility index (Phi) is 8.14. The standard InChI is InChI=1S/C27H27N3O4S2/c1-3-4-18-30(2)36(32,33)24-16-12-21(13-17-24)26(31)29-27-28-25(19-35-27)20-10-14-23(15-11-20)34-22-8-6-5-7-9-22/h5-17,19H,3-4,18H2,1-2H3,(H,28,29,31). The minimum Gasteiger partial charge on any atom is -0.457 e. The van der Waals surface area contributed by atoms with Gasteiger partial charge in [0.05, 0.1) is 10.6 Å². The smallest absolute Gasteiger partial charge is 0.257 e. The van der Waals surface area contributed by atoms with Crippen LogP contribution in [0.3, 0.4) is 0 Å². The zero-order valence-corrected chi connectivity index (χ0v) is 21.7. The summed E-state index contributed by atoms with van der Waals surface area (Å²) in [6, 6.07) is 23.0. The van der Waals surface area contributed by atoms with Crippen molar-refractivity contribution >= 4 is 32.4 Å². The molecular weight excluding hydrogens is 494 g/mol. The molecule has 0 unspecified atom stereocenters. The summed E-state index contributed by atoms with van der Waals surface area (Å²) >= 11 is 1.32. The molecule has 0 aliphatic carbocycles. The molecule has 1 aromatic heterocycles. The number of unbranched alkanes of at least 4 members (excludes halogenated alkanes) is 1. The predicted molar refractivity (Wildman–Crippen MR) is 143 cm³/mol. The number of nitrogens with zero attached hydrogens (tertiary/aromatic N) is 2. The van der Waals surface area contributed by atoms with Crippen molar-refractivity contribution in [2.45, 2.75) is 24.7 Å². The average Bonchev–Trinajstić information content (AvgIpc) is 3.36. The predicted octanol–water partition coefficient (Wildman–Crippen LogP) is 6.28. The van der Waals surface area contributed by atoms with Gasteiger partial charge in [0.2, 0.25) is 10.0 Å². The van der Waals surface area contributed by atoms with E-state index in [9.17, 15) is 13.2 Å². The molecule has 186 valence electrons. The highest BCUT2D eigenvalue weighted by Crippen LogP contribution is 2.28. The van der Waals surface area contributed by atoms with Crippen molar-refractivity contribution in [1.29, 1.82) is 0 Å². The molecule has 0 saturated heterocycles. The molecule has 9 heteroatoms. The molecule has 36 heavy (non-hydrogen) atoms. The van der Waals surface area contributed by atoms with Crippen molar-refractivity contribution < 1.29 is 17.9 Å². The van der Waals surface area contributed by atoms with Crippen LogP contribution in [0.1, 0.15) is 30.1 Å². The van der Waals surface area contributed by atoms with Crippen LogP contribution < -0.4 is 10.1 Å². The van der Waals surface area contributed by atoms with Crippen LogP contribution in [-0.4, -0.2) is 37.2 Å². The minimum atomic E-state index is -3.58. The summed E-state index contributed by atoms with van der Waals surface area (Å²) in [7, 11) is -2.01. The second-order valence-electron chi connectivity index (χ2n) is 8.14. The fraction of sp³-hybridized carbons (Fsp3) is 0.185. The number of rotatable bonds is 10. The zero-order valence-electron chi connectivity index (χ0n) is 20.0. The summed E-state index contributed by atoms with van der Waals surface area (Å²) in [5.41, 5.74) is 1.98. The maximum absolute atomic E-state index is 12.7. The Hall–Kier alpha value is -3.53. The number of amides is 1. The second-order valence-corrected chi connectivity index (χ2v) is 11.0. The maximum atomic E-state index is 12.7. The molecule has 4 rings (SSSR count). The number of para-hydroxylation sites is 1. The summed E-state index contributed by atoms with van der Waals surface area (Å²) in [6.45, 7) is 2.47. The fourth-order valence-corrected chi connectivity index (χ4v) is 5.33. The second kappa shape index (κ2) is 11.5. The van der Waals surface area contributed by atoms with Gasteiger partial charge < -0.3 is 4.74 Å². The van der Waals surface area contributed by atoms with Gasteiger partial charge in [-0.15, -0.1) is 11.3 Å². The molecule has 0 saturated carbocycles. The Balaban J connectivity index is 1.39. The highest BCUT2D eigenvalue weighted by atomic mass is 32.2. The summed E-state index contributed by atoms with van der Waals surface area (Å²) in [5.74, 6) is 1.12. The third-order valence-electron chi connectivity index (χ3n) is 5.50. The van der Waals surface area contributed by atoms with Crippen molar-refractivity contribution in [3.05, 3.63) is 89.8 Å². The summed E-state index contributed by atoms with van der Waals surface area (Å²) < 4.78 is 32.5. The number of hydrogen-bond acceptors (Lipinski definition) is 6. The van der Waals surface area contributed by atoms with E-state index in [1.54, 1.807) is 7.05 Å². The molecule has 0 spiro atoms. The van der Waals surface area contributed by atoms with Crippen molar-refractivity contribution in [2.75, 3.05) is 18.9 Å². The number of carbonyl (C=O) groups excluding carboxylic acids is 1. The van der Waals surface area contributed by atoms with E-state index in [-0.39, 0.29) is 10.8 Å². The maximum Gasteiger partial charge on any atom is 0.257 e. The van der Waals surface area contributed by atoms with Gasteiger partial charge in [-0.25, -0.2) is 17.7 Å². The molecular formula is C27H27N3O4S2. The van der Waals surface area contributed by atoms with Gasteiger partial charge in [0.15, 0.2) is 5.13 Å². The van der Waals surface area contributed by atoms with Crippen molar-refractivity contribution in [1.82, 2.24) is 9.29 Å². The Labute approximate surface area is 215 Å². The molecule has 1 amide bonds. The number of ether oxygens (including phenoxy) is 1. The number of hydrogen-bond donors (Lipinski definition) is 1. The molecule has 0 bridgehead atoms. The number of nitrogens with one attached hydrogen (secondary N) is 1. The van der Waals surface area contributed by atoms with E-state index in [2.05, 4.69) is 10.3 Å². The number of benzene rings is 3. The van der Waals surface area contributed by atoms with Crippen LogP contribution in [0.5, 0.6) is 11.5 Å². The lowest BCUT2D eigenvalue weighted by Crippen LogP contribution is -2.28. The highest BCUT2D eigenvalue weighted by Gasteiger charge is 2.20. The first-order valence-corrected chi connectivity index (χ1v) is 13.9. The van der Waals surface area contributed by atoms with Gasteiger partial charge in [0, 0.05) is 30.1 Å². The van der Waals surface area contributed by atoms with Gasteiger partial charge in [-0.05, 0) is 67.1 Å². The SMILES string of the molecule is CCCCN(C)S(=O)(=O)c1ccc(C(=O)Nc2nc(-c3ccc(Oc4ccccc4)cc3)cs2)cc1. The molecule has 0 atom stereocenters. The largest absolute Gasteiger partial charge is 0.457 e. The first kappa shape index (κ1) is 25.6. The lowest BCUT2D eigenvalue weighted by Gasteiger charge is -2.16. The van der Waals surface area contributed by atoms with Crippen molar-refractivity contribution in [3.63, 3.8) is 0 Å². The lowest BCUT2D eigenvalue weighted by atomic mass is 10.2. The molecule has 3 aromatic carbocycles. The first-order valence-electron chi connectivity index (χ1n) is 11.5. The molecule has 0 aliphatic rings. The molecule has 0 aliphatic heterocycles. The van der Waals surface area contributed by atoms with E-state index < -0.39 is 10.0 Å².